The van der Waals surface area contributed by atoms with E-state index in [1.165, 1.54) is 6.07 Å². The molecule has 1 aliphatic rings. The molecule has 2 aromatic rings. The lowest BCUT2D eigenvalue weighted by Gasteiger charge is -2.34. The second kappa shape index (κ2) is 8.34. The number of hydrogen-bond acceptors (Lipinski definition) is 7. The molecule has 0 spiro atoms. The van der Waals surface area contributed by atoms with Gasteiger partial charge in [0.1, 0.15) is 11.2 Å². The zero-order valence-electron chi connectivity index (χ0n) is 15.9. The maximum Gasteiger partial charge on any atom is 0.337 e. The lowest BCUT2D eigenvalue weighted by molar-refractivity contribution is 0.205. The minimum Gasteiger partial charge on any atom is -0.403 e. The number of piperazine rings is 1. The highest BCUT2D eigenvalue weighted by Gasteiger charge is 2.18. The number of nitrogens with one attached hydrogen (secondary N) is 1. The molecular weight excluding hydrogens is 350 g/mol. The Morgan fingerprint density at radius 1 is 1.30 bits per heavy atom. The number of hydrogen-bond donors (Lipinski definition) is 1. The number of H-pyrrole nitrogens is 1. The van der Waals surface area contributed by atoms with Crippen molar-refractivity contribution >= 4 is 16.9 Å². The summed E-state index contributed by atoms with van der Waals surface area (Å²) in [6, 6.07) is 1.22. The molecule has 0 bridgehead atoms. The van der Waals surface area contributed by atoms with Gasteiger partial charge < -0.3 is 19.1 Å². The Kier molecular flexibility index (Phi) is 5.90. The Balaban J connectivity index is 1.89. The molecule has 1 fully saturated rings. The fourth-order valence-electron chi connectivity index (χ4n) is 3.10. The first-order valence-corrected chi connectivity index (χ1v) is 9.26. The van der Waals surface area contributed by atoms with Gasteiger partial charge in [-0.1, -0.05) is 19.0 Å². The van der Waals surface area contributed by atoms with Gasteiger partial charge in [0, 0.05) is 38.7 Å². The lowest BCUT2D eigenvalue weighted by atomic mass is 10.1. The Labute approximate surface area is 156 Å². The summed E-state index contributed by atoms with van der Waals surface area (Å²) in [5, 5.41) is 4.48. The van der Waals surface area contributed by atoms with Gasteiger partial charge in [-0.2, -0.15) is 4.98 Å². The standard InChI is InChI=1S/C18H25N5O4/c1-4-6-13(23-9-7-22(3)8-10-23)21-27-18-19-16(25)15-12(5-2)11-14(24)26-17(15)20-18/h11H,4-10H2,1-3H3,(H,19,20,25). The molecule has 3 heterocycles. The number of nitrogens with zero attached hydrogens (tertiary/aromatic N) is 4. The number of aryl methyl sites for hydroxylation is 1. The van der Waals surface area contributed by atoms with E-state index in [1.54, 1.807) is 0 Å². The van der Waals surface area contributed by atoms with Crippen molar-refractivity contribution in [3.63, 3.8) is 0 Å². The van der Waals surface area contributed by atoms with Crippen molar-refractivity contribution in [1.82, 2.24) is 19.8 Å². The molecule has 9 heteroatoms. The Morgan fingerprint density at radius 3 is 2.70 bits per heavy atom. The molecule has 0 radical (unpaired) electrons. The van der Waals surface area contributed by atoms with Gasteiger partial charge in [-0.25, -0.2) is 4.79 Å². The Bertz CT molecular complexity index is 941. The predicted molar refractivity (Wildman–Crippen MR) is 102 cm³/mol. The van der Waals surface area contributed by atoms with Crippen molar-refractivity contribution < 1.29 is 9.25 Å². The van der Waals surface area contributed by atoms with Gasteiger partial charge in [-0.05, 0) is 25.5 Å². The number of rotatable bonds is 5. The van der Waals surface area contributed by atoms with E-state index in [1.807, 2.05) is 6.92 Å². The van der Waals surface area contributed by atoms with Crippen LogP contribution in [0.4, 0.5) is 0 Å². The first-order chi connectivity index (χ1) is 13.0. The zero-order valence-corrected chi connectivity index (χ0v) is 15.9. The largest absolute Gasteiger partial charge is 0.403 e. The van der Waals surface area contributed by atoms with E-state index in [-0.39, 0.29) is 17.1 Å². The van der Waals surface area contributed by atoms with Gasteiger partial charge in [-0.15, -0.1) is 0 Å². The van der Waals surface area contributed by atoms with Crippen LogP contribution in [0.2, 0.25) is 0 Å². The minimum absolute atomic E-state index is 0.0371. The van der Waals surface area contributed by atoms with E-state index in [0.717, 1.165) is 44.9 Å². The topological polar surface area (TPSA) is 104 Å². The molecule has 1 aliphatic heterocycles. The smallest absolute Gasteiger partial charge is 0.337 e. The van der Waals surface area contributed by atoms with Gasteiger partial charge in [0.05, 0.1) is 0 Å². The van der Waals surface area contributed by atoms with Crippen molar-refractivity contribution in [1.29, 1.82) is 0 Å². The molecule has 0 amide bonds. The summed E-state index contributed by atoms with van der Waals surface area (Å²) in [5.41, 5.74) is -0.405. The lowest BCUT2D eigenvalue weighted by Crippen LogP contribution is -2.47. The predicted octanol–water partition coefficient (Wildman–Crippen LogP) is 1.18. The number of likely N-dealkylation sites (N-methyl/N-ethyl adjacent to an activating group) is 1. The monoisotopic (exact) mass is 375 g/mol. The van der Waals surface area contributed by atoms with Gasteiger partial charge in [0.25, 0.3) is 5.56 Å². The SMILES string of the molecule is CCCC(=NOc1nc2oc(=O)cc(CC)c2c(=O)[nH]1)N1CCN(C)CC1. The highest BCUT2D eigenvalue weighted by Crippen LogP contribution is 2.14. The maximum absolute atomic E-state index is 12.4. The molecule has 0 aromatic carbocycles. The quantitative estimate of drug-likeness (QED) is 0.475. The molecule has 0 atom stereocenters. The first kappa shape index (κ1) is 19.1. The molecule has 146 valence electrons. The van der Waals surface area contributed by atoms with E-state index in [2.05, 4.69) is 38.9 Å². The van der Waals surface area contributed by atoms with Crippen LogP contribution in [-0.4, -0.2) is 58.8 Å². The maximum atomic E-state index is 12.4. The zero-order chi connectivity index (χ0) is 19.4. The second-order valence-electron chi connectivity index (χ2n) is 6.63. The highest BCUT2D eigenvalue weighted by molar-refractivity contribution is 5.82. The van der Waals surface area contributed by atoms with E-state index in [9.17, 15) is 9.59 Å². The van der Waals surface area contributed by atoms with E-state index < -0.39 is 11.2 Å². The van der Waals surface area contributed by atoms with Crippen LogP contribution < -0.4 is 16.0 Å². The first-order valence-electron chi connectivity index (χ1n) is 9.26. The van der Waals surface area contributed by atoms with Gasteiger partial charge in [0.2, 0.25) is 5.71 Å². The third-order valence-corrected chi connectivity index (χ3v) is 4.64. The van der Waals surface area contributed by atoms with Crippen LogP contribution >= 0.6 is 0 Å². The van der Waals surface area contributed by atoms with Gasteiger partial charge in [0.15, 0.2) is 0 Å². The number of amidine groups is 1. The fraction of sp³-hybridized carbons (Fsp3) is 0.556. The van der Waals surface area contributed by atoms with Crippen molar-refractivity contribution in [2.75, 3.05) is 33.2 Å². The van der Waals surface area contributed by atoms with E-state index >= 15 is 0 Å². The van der Waals surface area contributed by atoms with Crippen LogP contribution in [0.3, 0.4) is 0 Å². The third-order valence-electron chi connectivity index (χ3n) is 4.64. The van der Waals surface area contributed by atoms with Crippen LogP contribution in [0.1, 0.15) is 32.3 Å². The molecule has 0 saturated carbocycles. The number of aromatic nitrogens is 2. The molecule has 3 rings (SSSR count). The van der Waals surface area contributed by atoms with Crippen molar-refractivity contribution in [2.24, 2.45) is 5.16 Å². The van der Waals surface area contributed by atoms with E-state index in [0.29, 0.717) is 12.0 Å². The number of aromatic amines is 1. The normalized spacial score (nSPS) is 16.1. The third kappa shape index (κ3) is 4.36. The molecular formula is C18H25N5O4. The Morgan fingerprint density at radius 2 is 2.04 bits per heavy atom. The molecule has 9 nitrogen and oxygen atoms in total. The van der Waals surface area contributed by atoms with E-state index in [4.69, 9.17) is 9.25 Å². The average Bonchev–Trinajstić information content (AvgIpc) is 2.64. The van der Waals surface area contributed by atoms with Crippen LogP contribution in [0.25, 0.3) is 11.1 Å². The molecule has 0 unspecified atom stereocenters. The van der Waals surface area contributed by atoms with Crippen LogP contribution in [0.15, 0.2) is 25.2 Å². The minimum atomic E-state index is -0.545. The Hall–Kier alpha value is -2.68. The summed E-state index contributed by atoms with van der Waals surface area (Å²) in [5.74, 6) is 0.817. The average molecular weight is 375 g/mol. The fourth-order valence-corrected chi connectivity index (χ4v) is 3.10. The van der Waals surface area contributed by atoms with Crippen LogP contribution in [0.5, 0.6) is 6.01 Å². The summed E-state index contributed by atoms with van der Waals surface area (Å²) < 4.78 is 5.08. The van der Waals surface area contributed by atoms with Crippen molar-refractivity contribution in [3.05, 3.63) is 32.4 Å². The molecule has 1 N–H and O–H groups in total. The summed E-state index contributed by atoms with van der Waals surface area (Å²) in [6.07, 6.45) is 2.21. The number of fused-ring (bicyclic) bond motifs is 1. The van der Waals surface area contributed by atoms with Crippen LogP contribution in [-0.2, 0) is 6.42 Å². The molecule has 27 heavy (non-hydrogen) atoms. The molecule has 1 saturated heterocycles. The summed E-state index contributed by atoms with van der Waals surface area (Å²) in [4.78, 5) is 40.6. The summed E-state index contributed by atoms with van der Waals surface area (Å²) in [7, 11) is 2.09. The molecule has 0 aliphatic carbocycles. The van der Waals surface area contributed by atoms with Crippen molar-refractivity contribution in [3.8, 4) is 6.01 Å². The molecule has 2 aromatic heterocycles. The number of oxime groups is 1. The van der Waals surface area contributed by atoms with Crippen LogP contribution in [0, 0.1) is 0 Å². The van der Waals surface area contributed by atoms with Crippen molar-refractivity contribution in [2.45, 2.75) is 33.1 Å². The second-order valence-corrected chi connectivity index (χ2v) is 6.63. The summed E-state index contributed by atoms with van der Waals surface area (Å²) in [6.45, 7) is 7.58. The van der Waals surface area contributed by atoms with Gasteiger partial charge >= 0.3 is 11.6 Å². The summed E-state index contributed by atoms with van der Waals surface area (Å²) >= 11 is 0. The van der Waals surface area contributed by atoms with Gasteiger partial charge in [-0.3, -0.25) is 9.78 Å². The highest BCUT2D eigenvalue weighted by atomic mass is 16.6.